The average Bonchev–Trinajstić information content (AvgIpc) is 2.35. The second-order valence-corrected chi connectivity index (χ2v) is 4.63. The number of aromatic nitrogens is 1. The van der Waals surface area contributed by atoms with Crippen molar-refractivity contribution in [2.45, 2.75) is 26.8 Å². The van der Waals surface area contributed by atoms with Gasteiger partial charge in [-0.1, -0.05) is 13.8 Å². The molecule has 1 amide bonds. The Bertz CT molecular complexity index is 457. The summed E-state index contributed by atoms with van der Waals surface area (Å²) in [5, 5.41) is 9.03. The fraction of sp³-hybridized carbons (Fsp3) is 0.462. The molecule has 0 saturated heterocycles. The first-order valence-electron chi connectivity index (χ1n) is 5.80. The van der Waals surface area contributed by atoms with Crippen molar-refractivity contribution < 1.29 is 14.7 Å². The minimum atomic E-state index is -1.14. The predicted molar refractivity (Wildman–Crippen MR) is 67.6 cm³/mol. The molecule has 0 aliphatic heterocycles. The summed E-state index contributed by atoms with van der Waals surface area (Å²) in [7, 11) is 1.68. The van der Waals surface area contributed by atoms with Crippen molar-refractivity contribution in [3.8, 4) is 0 Å². The van der Waals surface area contributed by atoms with Crippen LogP contribution < -0.4 is 0 Å². The monoisotopic (exact) mass is 250 g/mol. The summed E-state index contributed by atoms with van der Waals surface area (Å²) in [6.45, 7) is 5.96. The molecule has 1 unspecified atom stereocenters. The maximum Gasteiger partial charge on any atom is 0.338 e. The summed E-state index contributed by atoms with van der Waals surface area (Å²) in [4.78, 5) is 28.6. The molecular weight excluding hydrogens is 232 g/mol. The third-order valence-electron chi connectivity index (χ3n) is 3.18. The first kappa shape index (κ1) is 14.2. The van der Waals surface area contributed by atoms with Gasteiger partial charge in [-0.25, -0.2) is 4.79 Å². The highest BCUT2D eigenvalue weighted by atomic mass is 16.4. The third-order valence-corrected chi connectivity index (χ3v) is 3.18. The molecule has 0 spiro atoms. The van der Waals surface area contributed by atoms with E-state index in [0.717, 1.165) is 0 Å². The molecule has 0 radical (unpaired) electrons. The van der Waals surface area contributed by atoms with Gasteiger partial charge in [0.15, 0.2) is 0 Å². The van der Waals surface area contributed by atoms with E-state index in [0.29, 0.717) is 5.92 Å². The minimum Gasteiger partial charge on any atom is -0.478 e. The number of pyridine rings is 1. The molecule has 1 aromatic rings. The van der Waals surface area contributed by atoms with Gasteiger partial charge in [0.2, 0.25) is 0 Å². The summed E-state index contributed by atoms with van der Waals surface area (Å²) in [6, 6.07) is 1.47. The van der Waals surface area contributed by atoms with E-state index >= 15 is 0 Å². The lowest BCUT2D eigenvalue weighted by Gasteiger charge is -2.28. The predicted octanol–water partition coefficient (Wildman–Crippen LogP) is 1.90. The zero-order valence-corrected chi connectivity index (χ0v) is 11.0. The summed E-state index contributed by atoms with van der Waals surface area (Å²) >= 11 is 0. The first-order chi connectivity index (χ1) is 8.36. The van der Waals surface area contributed by atoms with E-state index in [4.69, 9.17) is 5.11 Å². The van der Waals surface area contributed by atoms with Crippen LogP contribution in [0.15, 0.2) is 18.5 Å². The van der Waals surface area contributed by atoms with Crippen LogP contribution in [-0.2, 0) is 0 Å². The van der Waals surface area contributed by atoms with Gasteiger partial charge in [0.25, 0.3) is 5.91 Å². The molecule has 0 aliphatic carbocycles. The lowest BCUT2D eigenvalue weighted by molar-refractivity contribution is 0.0659. The largest absolute Gasteiger partial charge is 0.478 e. The third kappa shape index (κ3) is 2.85. The number of carboxylic acid groups (broad SMARTS) is 1. The Morgan fingerprint density at radius 3 is 2.39 bits per heavy atom. The first-order valence-corrected chi connectivity index (χ1v) is 5.80. The summed E-state index contributed by atoms with van der Waals surface area (Å²) in [6.07, 6.45) is 2.62. The van der Waals surface area contributed by atoms with Crippen molar-refractivity contribution in [3.05, 3.63) is 29.6 Å². The Morgan fingerprint density at radius 2 is 1.89 bits per heavy atom. The lowest BCUT2D eigenvalue weighted by Crippen LogP contribution is -2.38. The molecule has 0 bridgehead atoms. The zero-order chi connectivity index (χ0) is 13.9. The number of rotatable bonds is 4. The average molecular weight is 250 g/mol. The van der Waals surface area contributed by atoms with E-state index < -0.39 is 5.97 Å². The SMILES string of the molecule is CC(C)C(C)N(C)C(=O)c1ccncc1C(=O)O. The van der Waals surface area contributed by atoms with Crippen molar-refractivity contribution in [2.24, 2.45) is 5.92 Å². The highest BCUT2D eigenvalue weighted by Crippen LogP contribution is 2.15. The van der Waals surface area contributed by atoms with Crippen molar-refractivity contribution in [3.63, 3.8) is 0 Å². The van der Waals surface area contributed by atoms with Gasteiger partial charge in [-0.05, 0) is 18.9 Å². The minimum absolute atomic E-state index is 0.0345. The number of hydrogen-bond acceptors (Lipinski definition) is 3. The molecule has 0 saturated carbocycles. The van der Waals surface area contributed by atoms with Crippen molar-refractivity contribution in [1.29, 1.82) is 0 Å². The molecule has 0 fully saturated rings. The van der Waals surface area contributed by atoms with Gasteiger partial charge >= 0.3 is 5.97 Å². The van der Waals surface area contributed by atoms with Gasteiger partial charge in [0.05, 0.1) is 11.1 Å². The van der Waals surface area contributed by atoms with Gasteiger partial charge in [-0.2, -0.15) is 0 Å². The van der Waals surface area contributed by atoms with E-state index in [9.17, 15) is 9.59 Å². The topological polar surface area (TPSA) is 70.5 Å². The number of aromatic carboxylic acids is 1. The van der Waals surface area contributed by atoms with Gasteiger partial charge in [-0.3, -0.25) is 9.78 Å². The number of carbonyl (C=O) groups is 2. The number of amides is 1. The van der Waals surface area contributed by atoms with Crippen LogP contribution >= 0.6 is 0 Å². The van der Waals surface area contributed by atoms with Gasteiger partial charge < -0.3 is 10.0 Å². The highest BCUT2D eigenvalue weighted by Gasteiger charge is 2.23. The second-order valence-electron chi connectivity index (χ2n) is 4.63. The summed E-state index contributed by atoms with van der Waals surface area (Å²) < 4.78 is 0. The molecule has 1 heterocycles. The molecular formula is C13H18N2O3. The van der Waals surface area contributed by atoms with Crippen LogP contribution in [-0.4, -0.2) is 40.0 Å². The molecule has 1 rings (SSSR count). The second kappa shape index (κ2) is 5.62. The molecule has 5 heteroatoms. The van der Waals surface area contributed by atoms with Crippen LogP contribution in [0.3, 0.4) is 0 Å². The molecule has 0 aromatic carbocycles. The zero-order valence-electron chi connectivity index (χ0n) is 11.0. The van der Waals surface area contributed by atoms with Crippen LogP contribution in [0.5, 0.6) is 0 Å². The molecule has 0 aliphatic rings. The van der Waals surface area contributed by atoms with E-state index in [1.165, 1.54) is 18.5 Å². The van der Waals surface area contributed by atoms with Crippen molar-refractivity contribution in [1.82, 2.24) is 9.88 Å². The maximum absolute atomic E-state index is 12.3. The Kier molecular flexibility index (Phi) is 4.42. The van der Waals surface area contributed by atoms with Crippen molar-refractivity contribution in [2.75, 3.05) is 7.05 Å². The quantitative estimate of drug-likeness (QED) is 0.886. The van der Waals surface area contributed by atoms with E-state index in [-0.39, 0.29) is 23.1 Å². The number of carboxylic acids is 1. The molecule has 5 nitrogen and oxygen atoms in total. The molecule has 1 atom stereocenters. The fourth-order valence-electron chi connectivity index (χ4n) is 1.57. The molecule has 1 aromatic heterocycles. The lowest BCUT2D eigenvalue weighted by atomic mass is 10.0. The van der Waals surface area contributed by atoms with E-state index in [1.54, 1.807) is 11.9 Å². The number of nitrogens with zero attached hydrogens (tertiary/aromatic N) is 2. The Morgan fingerprint density at radius 1 is 1.28 bits per heavy atom. The molecule has 98 valence electrons. The van der Waals surface area contributed by atoms with E-state index in [2.05, 4.69) is 4.98 Å². The van der Waals surface area contributed by atoms with Crippen LogP contribution in [0.4, 0.5) is 0 Å². The molecule has 18 heavy (non-hydrogen) atoms. The standard InChI is InChI=1S/C13H18N2O3/c1-8(2)9(3)15(4)12(16)10-5-6-14-7-11(10)13(17)18/h5-9H,1-4H3,(H,17,18). The Balaban J connectivity index is 3.08. The fourth-order valence-corrected chi connectivity index (χ4v) is 1.57. The van der Waals surface area contributed by atoms with Crippen LogP contribution in [0.2, 0.25) is 0 Å². The highest BCUT2D eigenvalue weighted by molar-refractivity contribution is 6.04. The van der Waals surface area contributed by atoms with Crippen LogP contribution in [0, 0.1) is 5.92 Å². The molecule has 1 N–H and O–H groups in total. The Labute approximate surface area is 106 Å². The van der Waals surface area contributed by atoms with Gasteiger partial charge in [-0.15, -0.1) is 0 Å². The van der Waals surface area contributed by atoms with Gasteiger partial charge in [0.1, 0.15) is 0 Å². The summed E-state index contributed by atoms with van der Waals surface area (Å²) in [5.41, 5.74) is 0.109. The van der Waals surface area contributed by atoms with Gasteiger partial charge in [0, 0.05) is 25.5 Å². The van der Waals surface area contributed by atoms with Crippen molar-refractivity contribution >= 4 is 11.9 Å². The maximum atomic E-state index is 12.3. The number of carbonyl (C=O) groups excluding carboxylic acids is 1. The normalized spacial score (nSPS) is 12.3. The van der Waals surface area contributed by atoms with Crippen LogP contribution in [0.1, 0.15) is 41.5 Å². The summed E-state index contributed by atoms with van der Waals surface area (Å²) in [5.74, 6) is -1.14. The van der Waals surface area contributed by atoms with Crippen LogP contribution in [0.25, 0.3) is 0 Å². The smallest absolute Gasteiger partial charge is 0.338 e. The Hall–Kier alpha value is -1.91. The number of hydrogen-bond donors (Lipinski definition) is 1. The van der Waals surface area contributed by atoms with E-state index in [1.807, 2.05) is 20.8 Å².